The van der Waals surface area contributed by atoms with Gasteiger partial charge in [-0.05, 0) is 57.5 Å². The summed E-state index contributed by atoms with van der Waals surface area (Å²) in [7, 11) is 6.46. The number of nitrogens with two attached hydrogens (primary N) is 1. The van der Waals surface area contributed by atoms with E-state index in [0.29, 0.717) is 11.3 Å². The number of carbonyl (C=O) groups is 3. The Morgan fingerprint density at radius 2 is 1.74 bits per heavy atom. The van der Waals surface area contributed by atoms with Crippen molar-refractivity contribution in [1.82, 2.24) is 10.2 Å². The number of hydrogen-bond acceptors (Lipinski definition) is 11. The first kappa shape index (κ1) is 33.0. The molecule has 2 aromatic rings. The maximum absolute atomic E-state index is 14.1. The highest BCUT2D eigenvalue weighted by Gasteiger charge is 2.64. The van der Waals surface area contributed by atoms with Crippen LogP contribution in [0.5, 0.6) is 5.75 Å². The molecule has 3 aliphatic rings. The molecule has 0 spiro atoms. The molecule has 3 aliphatic carbocycles. The Balaban J connectivity index is 1.59. The molecule has 1 aromatic heterocycles. The summed E-state index contributed by atoms with van der Waals surface area (Å²) in [5, 5.41) is 48.7. The summed E-state index contributed by atoms with van der Waals surface area (Å²) in [6, 6.07) is 1.67. The monoisotopic (exact) mass is 648 g/mol. The van der Waals surface area contributed by atoms with E-state index >= 15 is 0 Å². The molecule has 1 saturated carbocycles. The van der Waals surface area contributed by atoms with Crippen molar-refractivity contribution in [3.8, 4) is 5.75 Å². The molecule has 1 fully saturated rings. The van der Waals surface area contributed by atoms with Crippen molar-refractivity contribution in [1.29, 1.82) is 0 Å². The van der Waals surface area contributed by atoms with Crippen molar-refractivity contribution in [2.45, 2.75) is 50.7 Å². The van der Waals surface area contributed by atoms with E-state index in [1.54, 1.807) is 25.1 Å². The molecule has 0 saturated heterocycles. The van der Waals surface area contributed by atoms with Crippen LogP contribution < -0.4 is 16.0 Å². The standard InChI is InChI=1S/C31H35F3N4O8/c1-12-6-15(28(46-12)31(32,33)34)11-36-10-14-9-18(37(2)3)16-7-13-8-17-22(38(4)5)25(41)21(29(35)44)27(43)30(17,45)26(42)19(13)24(40)20(16)23(14)39/h6,9,13,17,22,36,39-40,43,45H,7-8,10-11H2,1-5H3,(H2,35,44)/t13-,17-,22-,30-/m0/s1. The van der Waals surface area contributed by atoms with Gasteiger partial charge in [-0.15, -0.1) is 0 Å². The molecule has 1 aromatic carbocycles. The molecule has 1 heterocycles. The van der Waals surface area contributed by atoms with Crippen LogP contribution in [0.25, 0.3) is 5.76 Å². The number of furan rings is 1. The summed E-state index contributed by atoms with van der Waals surface area (Å²) in [4.78, 5) is 42.7. The molecule has 1 amide bonds. The molecular formula is C31H35F3N4O8. The van der Waals surface area contributed by atoms with Gasteiger partial charge in [-0.1, -0.05) is 0 Å². The molecular weight excluding hydrogens is 613 g/mol. The van der Waals surface area contributed by atoms with Crippen LogP contribution in [0.4, 0.5) is 18.9 Å². The number of halogens is 3. The second-order valence-corrected chi connectivity index (χ2v) is 12.4. The molecule has 7 N–H and O–H groups in total. The van der Waals surface area contributed by atoms with E-state index in [2.05, 4.69) is 5.32 Å². The van der Waals surface area contributed by atoms with E-state index in [-0.39, 0.29) is 54.0 Å². The second kappa shape index (κ2) is 11.2. The third-order valence-electron chi connectivity index (χ3n) is 9.08. The number of ketones is 2. The van der Waals surface area contributed by atoms with Crippen molar-refractivity contribution < 1.29 is 52.4 Å². The topological polar surface area (TPSA) is 190 Å². The Morgan fingerprint density at radius 3 is 2.30 bits per heavy atom. The van der Waals surface area contributed by atoms with E-state index in [4.69, 9.17) is 10.2 Å². The number of alkyl halides is 3. The Labute approximate surface area is 261 Å². The van der Waals surface area contributed by atoms with Gasteiger partial charge in [0.25, 0.3) is 5.91 Å². The number of likely N-dealkylation sites (N-methyl/N-ethyl adjacent to an activating group) is 1. The number of primary amides is 1. The molecule has 12 nitrogen and oxygen atoms in total. The number of aryl methyl sites for hydroxylation is 1. The molecule has 4 atom stereocenters. The smallest absolute Gasteiger partial charge is 0.449 e. The normalized spacial score (nSPS) is 24.7. The van der Waals surface area contributed by atoms with Gasteiger partial charge in [0.05, 0.1) is 11.6 Å². The molecule has 248 valence electrons. The van der Waals surface area contributed by atoms with Crippen LogP contribution in [0, 0.1) is 18.8 Å². The zero-order chi connectivity index (χ0) is 34.2. The van der Waals surface area contributed by atoms with E-state index in [1.807, 2.05) is 0 Å². The Morgan fingerprint density at radius 1 is 1.11 bits per heavy atom. The predicted octanol–water partition coefficient (Wildman–Crippen LogP) is 2.24. The van der Waals surface area contributed by atoms with Crippen LogP contribution >= 0.6 is 0 Å². The SMILES string of the molecule is Cc1cc(CNCc2cc(N(C)C)c3c(c2O)C(O)=C2C(=O)[C@]4(O)C(O)=C(C(N)=O)C(=O)[C@@H](N(C)C)[C@@H]4C[C@@H]2C3)c(C(F)(F)F)o1. The fourth-order valence-corrected chi connectivity index (χ4v) is 7.15. The van der Waals surface area contributed by atoms with Gasteiger partial charge in [-0.2, -0.15) is 13.2 Å². The van der Waals surface area contributed by atoms with Gasteiger partial charge in [-0.25, -0.2) is 0 Å². The van der Waals surface area contributed by atoms with Gasteiger partial charge in [0.2, 0.25) is 11.5 Å². The number of rotatable bonds is 7. The van der Waals surface area contributed by atoms with Crippen LogP contribution in [0.2, 0.25) is 0 Å². The summed E-state index contributed by atoms with van der Waals surface area (Å²) in [5.74, 6) is -8.64. The van der Waals surface area contributed by atoms with Gasteiger partial charge in [0.1, 0.15) is 28.6 Å². The number of anilines is 1. The number of nitrogens with one attached hydrogen (secondary N) is 1. The number of aromatic hydroxyl groups is 1. The number of phenols is 1. The zero-order valence-electron chi connectivity index (χ0n) is 25.7. The van der Waals surface area contributed by atoms with E-state index in [1.165, 1.54) is 32.0 Å². The quantitative estimate of drug-likeness (QED) is 0.242. The van der Waals surface area contributed by atoms with E-state index < -0.39 is 75.7 Å². The maximum Gasteiger partial charge on any atom is 0.449 e. The van der Waals surface area contributed by atoms with Gasteiger partial charge in [-0.3, -0.25) is 19.3 Å². The largest absolute Gasteiger partial charge is 0.508 e. The zero-order valence-corrected chi connectivity index (χ0v) is 25.7. The molecule has 0 bridgehead atoms. The first-order chi connectivity index (χ1) is 21.3. The molecule has 0 radical (unpaired) electrons. The number of carbonyl (C=O) groups excluding carboxylic acids is 3. The van der Waals surface area contributed by atoms with Gasteiger partial charge in [0.15, 0.2) is 11.4 Å². The highest BCUT2D eigenvalue weighted by atomic mass is 19.4. The summed E-state index contributed by atoms with van der Waals surface area (Å²) >= 11 is 0. The van der Waals surface area contributed by atoms with Crippen molar-refractivity contribution in [3.63, 3.8) is 0 Å². The van der Waals surface area contributed by atoms with E-state index in [0.717, 1.165) is 0 Å². The second-order valence-electron chi connectivity index (χ2n) is 12.4. The lowest BCUT2D eigenvalue weighted by Gasteiger charge is -2.50. The maximum atomic E-state index is 14.1. The van der Waals surface area contributed by atoms with Crippen LogP contribution in [0.1, 0.15) is 40.2 Å². The highest BCUT2D eigenvalue weighted by molar-refractivity contribution is 6.24. The van der Waals surface area contributed by atoms with Crippen molar-refractivity contribution in [2.75, 3.05) is 33.1 Å². The molecule has 0 aliphatic heterocycles. The summed E-state index contributed by atoms with van der Waals surface area (Å²) in [6.07, 6.45) is -4.68. The van der Waals surface area contributed by atoms with Crippen molar-refractivity contribution in [3.05, 3.63) is 62.8 Å². The summed E-state index contributed by atoms with van der Waals surface area (Å²) in [6.45, 7) is 0.982. The predicted molar refractivity (Wildman–Crippen MR) is 158 cm³/mol. The van der Waals surface area contributed by atoms with Crippen LogP contribution in [0.3, 0.4) is 0 Å². The number of aliphatic hydroxyl groups is 3. The third-order valence-corrected chi connectivity index (χ3v) is 9.08. The Bertz CT molecular complexity index is 1720. The first-order valence-electron chi connectivity index (χ1n) is 14.4. The van der Waals surface area contributed by atoms with Gasteiger partial charge >= 0.3 is 6.18 Å². The van der Waals surface area contributed by atoms with E-state index in [9.17, 15) is 48.0 Å². The number of aliphatic hydroxyl groups excluding tert-OH is 2. The average Bonchev–Trinajstić information content (AvgIpc) is 3.32. The number of phenolic OH excluding ortho intramolecular Hbond substituents is 1. The van der Waals surface area contributed by atoms with Crippen LogP contribution in [0.15, 0.2) is 33.5 Å². The molecule has 46 heavy (non-hydrogen) atoms. The number of fused-ring (bicyclic) bond motifs is 3. The fraction of sp³-hybridized carbons (Fsp3) is 0.452. The number of amides is 1. The van der Waals surface area contributed by atoms with Crippen molar-refractivity contribution >= 4 is 28.9 Å². The minimum atomic E-state index is -4.71. The lowest BCUT2D eigenvalue weighted by Crippen LogP contribution is -2.65. The van der Waals surface area contributed by atoms with Crippen molar-refractivity contribution in [2.24, 2.45) is 17.6 Å². The third kappa shape index (κ3) is 4.93. The Hall–Kier alpha value is -4.34. The number of benzene rings is 1. The number of hydrogen-bond donors (Lipinski definition) is 6. The average molecular weight is 649 g/mol. The van der Waals surface area contributed by atoms with Crippen LogP contribution in [-0.4, -0.2) is 82.6 Å². The minimum absolute atomic E-state index is 0.0612. The van der Waals surface area contributed by atoms with Gasteiger partial charge in [0, 0.05) is 55.5 Å². The fourth-order valence-electron chi connectivity index (χ4n) is 7.15. The summed E-state index contributed by atoms with van der Waals surface area (Å²) < 4.78 is 45.0. The number of nitrogens with zero attached hydrogens (tertiary/aromatic N) is 2. The molecule has 5 rings (SSSR count). The Kier molecular flexibility index (Phi) is 8.02. The lowest BCUT2D eigenvalue weighted by molar-refractivity contribution is -0.154. The lowest BCUT2D eigenvalue weighted by atomic mass is 9.57. The van der Waals surface area contributed by atoms with Crippen LogP contribution in [-0.2, 0) is 40.1 Å². The first-order valence-corrected chi connectivity index (χ1v) is 14.4. The number of Topliss-reactive ketones (excluding diaryl/α,β-unsaturated/α-hetero) is 2. The van der Waals surface area contributed by atoms with Gasteiger partial charge < -0.3 is 40.8 Å². The molecule has 0 unspecified atom stereocenters. The molecule has 15 heteroatoms. The minimum Gasteiger partial charge on any atom is -0.508 e. The summed E-state index contributed by atoms with van der Waals surface area (Å²) in [5.41, 5.74) is 2.32. The highest BCUT2D eigenvalue weighted by Crippen LogP contribution is 2.54.